The summed E-state index contributed by atoms with van der Waals surface area (Å²) < 4.78 is 32.4. The van der Waals surface area contributed by atoms with Crippen molar-refractivity contribution in [2.75, 3.05) is 23.3 Å². The van der Waals surface area contributed by atoms with Gasteiger partial charge < -0.3 is 10.1 Å². The molecule has 0 fully saturated rings. The van der Waals surface area contributed by atoms with Gasteiger partial charge in [0.25, 0.3) is 15.7 Å². The largest absolute Gasteiger partial charge is 0.495 e. The molecule has 0 atom stereocenters. The molecule has 0 spiro atoms. The van der Waals surface area contributed by atoms with Gasteiger partial charge in [-0.25, -0.2) is 8.42 Å². The van der Waals surface area contributed by atoms with E-state index in [0.29, 0.717) is 11.4 Å². The fourth-order valence-corrected chi connectivity index (χ4v) is 4.56. The van der Waals surface area contributed by atoms with Crippen molar-refractivity contribution < 1.29 is 22.9 Å². The molecule has 3 aromatic rings. The number of sulfonamides is 1. The highest BCUT2D eigenvalue weighted by atomic mass is 35.5. The molecule has 0 bridgehead atoms. The quantitative estimate of drug-likeness (QED) is 0.387. The summed E-state index contributed by atoms with van der Waals surface area (Å²) in [6, 6.07) is 17.1. The number of carbonyl (C=O) groups excluding carboxylic acids is 1. The van der Waals surface area contributed by atoms with Gasteiger partial charge >= 0.3 is 0 Å². The van der Waals surface area contributed by atoms with Gasteiger partial charge in [-0.1, -0.05) is 35.9 Å². The van der Waals surface area contributed by atoms with Crippen LogP contribution in [0, 0.1) is 10.1 Å². The Morgan fingerprint density at radius 3 is 2.44 bits per heavy atom. The maximum absolute atomic E-state index is 13.3. The lowest BCUT2D eigenvalue weighted by atomic mass is 10.2. The van der Waals surface area contributed by atoms with Crippen LogP contribution in [-0.4, -0.2) is 32.9 Å². The number of halogens is 1. The van der Waals surface area contributed by atoms with Crippen molar-refractivity contribution in [3.05, 3.63) is 87.9 Å². The Morgan fingerprint density at radius 2 is 1.81 bits per heavy atom. The molecule has 0 radical (unpaired) electrons. The van der Waals surface area contributed by atoms with E-state index in [0.717, 1.165) is 10.4 Å². The molecule has 0 aliphatic carbocycles. The van der Waals surface area contributed by atoms with Crippen LogP contribution >= 0.6 is 11.6 Å². The number of amides is 1. The molecule has 0 unspecified atom stereocenters. The summed E-state index contributed by atoms with van der Waals surface area (Å²) in [6.07, 6.45) is 0. The smallest absolute Gasteiger partial charge is 0.271 e. The van der Waals surface area contributed by atoms with Crippen LogP contribution in [-0.2, 0) is 14.8 Å². The lowest BCUT2D eigenvalue weighted by molar-refractivity contribution is -0.384. The predicted octanol–water partition coefficient (Wildman–Crippen LogP) is 4.09. The highest BCUT2D eigenvalue weighted by Crippen LogP contribution is 2.29. The average molecular weight is 476 g/mol. The van der Waals surface area contributed by atoms with E-state index in [9.17, 15) is 23.3 Å². The Bertz CT molecular complexity index is 1250. The minimum Gasteiger partial charge on any atom is -0.495 e. The SMILES string of the molecule is COc1ccc(NC(=O)CN(c2cccc([N+](=O)[O-])c2)S(=O)(=O)c2ccccc2)cc1Cl. The Hall–Kier alpha value is -3.63. The van der Waals surface area contributed by atoms with Gasteiger partial charge in [0.05, 0.1) is 27.6 Å². The number of anilines is 2. The van der Waals surface area contributed by atoms with Crippen molar-refractivity contribution in [2.45, 2.75) is 4.90 Å². The van der Waals surface area contributed by atoms with Gasteiger partial charge in [0.2, 0.25) is 5.91 Å². The molecule has 0 aliphatic heterocycles. The van der Waals surface area contributed by atoms with Crippen molar-refractivity contribution >= 4 is 44.6 Å². The molecule has 0 aliphatic rings. The summed E-state index contributed by atoms with van der Waals surface area (Å²) in [7, 11) is -2.75. The van der Waals surface area contributed by atoms with Crippen LogP contribution in [0.3, 0.4) is 0 Å². The van der Waals surface area contributed by atoms with Gasteiger partial charge in [0.15, 0.2) is 0 Å². The standard InChI is InChI=1S/C21H18ClN3O6S/c1-31-20-11-10-15(12-19(20)22)23-21(26)14-24(16-6-5-7-17(13-16)25(27)28)32(29,30)18-8-3-2-4-9-18/h2-13H,14H2,1H3,(H,23,26). The lowest BCUT2D eigenvalue weighted by Gasteiger charge is -2.24. The van der Waals surface area contributed by atoms with Gasteiger partial charge in [-0.05, 0) is 36.4 Å². The summed E-state index contributed by atoms with van der Waals surface area (Å²) in [5.41, 5.74) is 0.000902. The van der Waals surface area contributed by atoms with Gasteiger partial charge in [-0.3, -0.25) is 19.2 Å². The van der Waals surface area contributed by atoms with Crippen LogP contribution in [0.15, 0.2) is 77.7 Å². The molecule has 0 heterocycles. The number of ether oxygens (including phenoxy) is 1. The topological polar surface area (TPSA) is 119 Å². The molecule has 3 aromatic carbocycles. The van der Waals surface area contributed by atoms with Crippen LogP contribution in [0.5, 0.6) is 5.75 Å². The van der Waals surface area contributed by atoms with Crippen LogP contribution in [0.1, 0.15) is 0 Å². The normalized spacial score (nSPS) is 10.9. The number of non-ortho nitro benzene ring substituents is 1. The minimum absolute atomic E-state index is 0.0223. The molecule has 11 heteroatoms. The first-order valence-electron chi connectivity index (χ1n) is 9.18. The summed E-state index contributed by atoms with van der Waals surface area (Å²) in [5.74, 6) is -0.258. The van der Waals surface area contributed by atoms with E-state index in [1.807, 2.05) is 0 Å². The first kappa shape index (κ1) is 23.0. The Kier molecular flexibility index (Phi) is 6.96. The molecule has 0 saturated carbocycles. The molecular formula is C21H18ClN3O6S. The molecule has 3 rings (SSSR count). The van der Waals surface area contributed by atoms with Gasteiger partial charge in [0, 0.05) is 17.8 Å². The number of nitro groups is 1. The van der Waals surface area contributed by atoms with Crippen LogP contribution in [0.25, 0.3) is 0 Å². The number of hydrogen-bond acceptors (Lipinski definition) is 6. The van der Waals surface area contributed by atoms with Crippen molar-refractivity contribution in [2.24, 2.45) is 0 Å². The van der Waals surface area contributed by atoms with Crippen LogP contribution < -0.4 is 14.4 Å². The highest BCUT2D eigenvalue weighted by Gasteiger charge is 2.28. The van der Waals surface area contributed by atoms with E-state index in [2.05, 4.69) is 5.32 Å². The number of carbonyl (C=O) groups is 1. The first-order valence-corrected chi connectivity index (χ1v) is 11.0. The third kappa shape index (κ3) is 5.16. The maximum Gasteiger partial charge on any atom is 0.271 e. The number of nitro benzene ring substituents is 1. The van der Waals surface area contributed by atoms with Gasteiger partial charge in [0.1, 0.15) is 12.3 Å². The first-order chi connectivity index (χ1) is 15.2. The third-order valence-electron chi connectivity index (χ3n) is 4.38. The average Bonchev–Trinajstić information content (AvgIpc) is 2.78. The van der Waals surface area contributed by atoms with Crippen molar-refractivity contribution in [3.8, 4) is 5.75 Å². The van der Waals surface area contributed by atoms with Crippen molar-refractivity contribution in [1.29, 1.82) is 0 Å². The summed E-state index contributed by atoms with van der Waals surface area (Å²) in [6.45, 7) is -0.623. The zero-order valence-corrected chi connectivity index (χ0v) is 18.3. The van der Waals surface area contributed by atoms with E-state index in [-0.39, 0.29) is 21.3 Å². The number of benzene rings is 3. The Morgan fingerprint density at radius 1 is 1.09 bits per heavy atom. The lowest BCUT2D eigenvalue weighted by Crippen LogP contribution is -2.38. The molecule has 1 N–H and O–H groups in total. The van der Waals surface area contributed by atoms with Gasteiger partial charge in [-0.15, -0.1) is 0 Å². The number of nitrogens with zero attached hydrogens (tertiary/aromatic N) is 2. The maximum atomic E-state index is 13.3. The van der Waals surface area contributed by atoms with E-state index >= 15 is 0 Å². The van der Waals surface area contributed by atoms with Crippen LogP contribution in [0.2, 0.25) is 5.02 Å². The molecular weight excluding hydrogens is 458 g/mol. The Balaban J connectivity index is 1.96. The summed E-state index contributed by atoms with van der Waals surface area (Å²) in [5, 5.41) is 14.0. The molecule has 166 valence electrons. The highest BCUT2D eigenvalue weighted by molar-refractivity contribution is 7.92. The number of methoxy groups -OCH3 is 1. The molecule has 9 nitrogen and oxygen atoms in total. The van der Waals surface area contributed by atoms with E-state index in [1.165, 1.54) is 55.6 Å². The van der Waals surface area contributed by atoms with E-state index in [4.69, 9.17) is 16.3 Å². The van der Waals surface area contributed by atoms with Crippen molar-refractivity contribution in [1.82, 2.24) is 0 Å². The molecule has 32 heavy (non-hydrogen) atoms. The third-order valence-corrected chi connectivity index (χ3v) is 6.47. The second-order valence-electron chi connectivity index (χ2n) is 6.50. The van der Waals surface area contributed by atoms with Crippen molar-refractivity contribution in [3.63, 3.8) is 0 Å². The Labute approximate surface area is 189 Å². The second-order valence-corrected chi connectivity index (χ2v) is 8.77. The van der Waals surface area contributed by atoms with Crippen LogP contribution in [0.4, 0.5) is 17.1 Å². The molecule has 0 aromatic heterocycles. The van der Waals surface area contributed by atoms with E-state index in [1.54, 1.807) is 18.2 Å². The number of nitrogens with one attached hydrogen (secondary N) is 1. The fourth-order valence-electron chi connectivity index (χ4n) is 2.87. The van der Waals surface area contributed by atoms with Gasteiger partial charge in [-0.2, -0.15) is 0 Å². The fraction of sp³-hybridized carbons (Fsp3) is 0.0952. The second kappa shape index (κ2) is 9.67. The zero-order valence-electron chi connectivity index (χ0n) is 16.8. The minimum atomic E-state index is -4.20. The molecule has 1 amide bonds. The summed E-state index contributed by atoms with van der Waals surface area (Å²) in [4.78, 5) is 23.2. The zero-order chi connectivity index (χ0) is 23.3. The number of hydrogen-bond donors (Lipinski definition) is 1. The predicted molar refractivity (Wildman–Crippen MR) is 121 cm³/mol. The monoisotopic (exact) mass is 475 g/mol. The molecule has 0 saturated heterocycles. The summed E-state index contributed by atoms with van der Waals surface area (Å²) >= 11 is 6.07. The van der Waals surface area contributed by atoms with E-state index < -0.39 is 27.4 Å². The number of rotatable bonds is 8.